The van der Waals surface area contributed by atoms with Crippen molar-refractivity contribution < 1.29 is 75.9 Å². The molecule has 2 aliphatic rings. The van der Waals surface area contributed by atoms with Gasteiger partial charge >= 0.3 is 27.1 Å². The quantitative estimate of drug-likeness (QED) is 0.0387. The van der Waals surface area contributed by atoms with Crippen molar-refractivity contribution in [1.82, 2.24) is 9.80 Å². The van der Waals surface area contributed by atoms with Crippen LogP contribution in [0.1, 0.15) is 103 Å². The fourth-order valence-corrected chi connectivity index (χ4v) is 10.5. The van der Waals surface area contributed by atoms with Crippen LogP contribution in [0.25, 0.3) is 0 Å². The molecule has 2 aromatic carbocycles. The first-order valence-corrected chi connectivity index (χ1v) is 29.8. The van der Waals surface area contributed by atoms with E-state index in [9.17, 15) is 33.4 Å². The summed E-state index contributed by atoms with van der Waals surface area (Å²) in [6.07, 6.45) is 4.18. The van der Waals surface area contributed by atoms with Crippen LogP contribution < -0.4 is 14.2 Å². The largest absolute Gasteiger partial charge is 0.507 e. The van der Waals surface area contributed by atoms with E-state index in [1.807, 2.05) is 19.9 Å². The molecule has 0 radical (unpaired) electrons. The molecule has 0 spiro atoms. The third-order valence-corrected chi connectivity index (χ3v) is 15.9. The topological polar surface area (TPSA) is 234 Å². The van der Waals surface area contributed by atoms with Crippen LogP contribution in [0.3, 0.4) is 0 Å². The molecule has 0 aromatic heterocycles. The van der Waals surface area contributed by atoms with Crippen molar-refractivity contribution in [2.75, 3.05) is 72.5 Å². The van der Waals surface area contributed by atoms with Crippen molar-refractivity contribution in [2.45, 2.75) is 115 Å². The Morgan fingerprint density at radius 1 is 0.725 bits per heavy atom. The molecule has 0 bridgehead atoms. The lowest BCUT2D eigenvalue weighted by Crippen LogP contribution is -2.33. The summed E-state index contributed by atoms with van der Waals surface area (Å²) in [5.74, 6) is 0.0929. The molecule has 2 aliphatic heterocycles. The monoisotopic (exact) mass is 1030 g/mol. The minimum Gasteiger partial charge on any atom is -0.507 e. The molecule has 0 unspecified atom stereocenters. The smallest absolute Gasteiger partial charge is 0.342 e. The Labute approximate surface area is 409 Å². The van der Waals surface area contributed by atoms with Gasteiger partial charge in [-0.1, -0.05) is 50.4 Å². The number of hydrogen-bond donors (Lipinski definition) is 3. The third-order valence-electron chi connectivity index (χ3n) is 11.4. The Kier molecular flexibility index (Phi) is 23.4. The van der Waals surface area contributed by atoms with Crippen molar-refractivity contribution in [2.24, 2.45) is 0 Å². The summed E-state index contributed by atoms with van der Waals surface area (Å²) in [4.78, 5) is 69.9. The molecule has 0 atom stereocenters. The maximum atomic E-state index is 12.9. The van der Waals surface area contributed by atoms with Gasteiger partial charge < -0.3 is 57.4 Å². The molecule has 0 aliphatic carbocycles. The van der Waals surface area contributed by atoms with Gasteiger partial charge in [0.2, 0.25) is 11.8 Å². The highest BCUT2D eigenvalue weighted by atomic mass is 31.2. The van der Waals surface area contributed by atoms with E-state index in [1.165, 1.54) is 25.9 Å². The highest BCUT2D eigenvalue weighted by molar-refractivity contribution is 7.53. The lowest BCUT2D eigenvalue weighted by Gasteiger charge is -2.25. The van der Waals surface area contributed by atoms with E-state index in [0.717, 1.165) is 39.4 Å². The minimum atomic E-state index is -4.21. The summed E-state index contributed by atoms with van der Waals surface area (Å²) in [5, 5.41) is 10.6. The number of amides is 2. The van der Waals surface area contributed by atoms with Crippen LogP contribution in [0.4, 0.5) is 0 Å². The number of nitrogens with zero attached hydrogens (tertiary/aromatic N) is 2. The number of aromatic hydroxyl groups is 1. The molecular weight excluding hydrogens is 951 g/mol. The van der Waals surface area contributed by atoms with E-state index in [-0.39, 0.29) is 95.2 Å². The van der Waals surface area contributed by atoms with Crippen LogP contribution in [-0.4, -0.2) is 129 Å². The molecule has 2 aromatic rings. The van der Waals surface area contributed by atoms with Gasteiger partial charge in [0, 0.05) is 70.4 Å². The van der Waals surface area contributed by atoms with Gasteiger partial charge in [0.15, 0.2) is 0 Å². The predicted molar refractivity (Wildman–Crippen MR) is 268 cm³/mol. The number of rotatable bonds is 24. The second kappa shape index (κ2) is 26.6. The van der Waals surface area contributed by atoms with E-state index in [0.29, 0.717) is 53.5 Å². The molecule has 4 rings (SSSR count). The standard InChI is InChI=1S/C28H46NO8PSi.C19H26NO8P.CH4/c1-10-36-38(32,37-11-2)16-14-29(22(5)30)18-20(3)12-13-23-26(33-6)21(4)24-19-35-28(31)25(24)27(23)34-15-17-39(7,8)9;1-11(9-20(13(3)21)7-8-29(24,25)26)5-6-14-17(22)16-15(10-28-19(16)23)12(2)18(14)27-4;/h12H,10-11,13-19H2,1-9H3;5,22H,6-10H2,1-4H3,(H2,24,25,26);1H4/b20-12+;11-5+;. The first-order chi connectivity index (χ1) is 31.7. The van der Waals surface area contributed by atoms with Gasteiger partial charge in [-0.05, 0) is 71.6 Å². The molecule has 0 saturated heterocycles. The number of cyclic esters (lactones) is 2. The number of allylic oxidation sites excluding steroid dienone is 2. The second-order valence-corrected chi connectivity index (χ2v) is 27.5. The highest BCUT2D eigenvalue weighted by Crippen LogP contribution is 2.48. The molecular formula is C48H76N2O16P2Si. The molecule has 0 fully saturated rings. The van der Waals surface area contributed by atoms with Gasteiger partial charge in [0.05, 0.1) is 46.4 Å². The summed E-state index contributed by atoms with van der Waals surface area (Å²) in [7, 11) is -5.74. The van der Waals surface area contributed by atoms with E-state index in [4.69, 9.17) is 42.5 Å². The number of ether oxygens (including phenoxy) is 5. The highest BCUT2D eigenvalue weighted by Gasteiger charge is 2.34. The summed E-state index contributed by atoms with van der Waals surface area (Å²) in [5.41, 5.74) is 6.55. The van der Waals surface area contributed by atoms with Crippen molar-refractivity contribution in [3.8, 4) is 23.0 Å². The molecule has 2 heterocycles. The van der Waals surface area contributed by atoms with Gasteiger partial charge in [-0.3, -0.25) is 18.7 Å². The van der Waals surface area contributed by atoms with Crippen molar-refractivity contribution >= 4 is 47.0 Å². The van der Waals surface area contributed by atoms with Gasteiger partial charge in [-0.15, -0.1) is 0 Å². The average Bonchev–Trinajstić information content (AvgIpc) is 3.83. The van der Waals surface area contributed by atoms with Crippen LogP contribution in [-0.2, 0) is 63.3 Å². The first-order valence-electron chi connectivity index (χ1n) is 22.6. The zero-order valence-electron chi connectivity index (χ0n) is 42.0. The number of carbonyl (C=O) groups excluding carboxylic acids is 4. The fourth-order valence-electron chi connectivity index (χ4n) is 7.69. The average molecular weight is 1030 g/mol. The number of phenols is 1. The summed E-state index contributed by atoms with van der Waals surface area (Å²) in [6.45, 7) is 22.7. The van der Waals surface area contributed by atoms with Crippen molar-refractivity contribution in [3.05, 3.63) is 67.8 Å². The second-order valence-electron chi connectivity index (χ2n) is 17.9. The Hall–Kier alpha value is -4.48. The van der Waals surface area contributed by atoms with Crippen LogP contribution in [0, 0.1) is 13.8 Å². The summed E-state index contributed by atoms with van der Waals surface area (Å²) < 4.78 is 62.6. The third kappa shape index (κ3) is 17.1. The molecule has 21 heteroatoms. The van der Waals surface area contributed by atoms with E-state index < -0.39 is 35.4 Å². The summed E-state index contributed by atoms with van der Waals surface area (Å²) in [6, 6.07) is 0.947. The predicted octanol–water partition coefficient (Wildman–Crippen LogP) is 8.53. The van der Waals surface area contributed by atoms with Gasteiger partial charge in [-0.2, -0.15) is 0 Å². The SMILES string of the molecule is C.CCOP(=O)(CCN(C/C(C)=C/Cc1c(OC)c(C)c2c(c1OCC[Si](C)(C)C)C(=O)OC2)C(C)=O)OCC.COc1c(C)c2c(c(O)c1C/C=C(\C)CN(CCP(=O)(O)O)C(C)=O)C(=O)OC2. The Morgan fingerprint density at radius 2 is 1.16 bits per heavy atom. The molecule has 3 N–H and O–H groups in total. The molecule has 388 valence electrons. The fraction of sp³-hybridized carbons (Fsp3) is 0.583. The number of phenolic OH excluding ortho intramolecular Hbond substituents is 1. The van der Waals surface area contributed by atoms with Crippen LogP contribution >= 0.6 is 15.2 Å². The van der Waals surface area contributed by atoms with E-state index in [2.05, 4.69) is 19.6 Å². The van der Waals surface area contributed by atoms with Crippen LogP contribution in [0.15, 0.2) is 23.3 Å². The first kappa shape index (κ1) is 60.6. The molecule has 69 heavy (non-hydrogen) atoms. The minimum absolute atomic E-state index is 0. The summed E-state index contributed by atoms with van der Waals surface area (Å²) >= 11 is 0. The Bertz CT molecular complexity index is 2330. The normalized spacial score (nSPS) is 13.6. The maximum Gasteiger partial charge on any atom is 0.342 e. The van der Waals surface area contributed by atoms with Crippen LogP contribution in [0.2, 0.25) is 25.7 Å². The van der Waals surface area contributed by atoms with Gasteiger partial charge in [-0.25, -0.2) is 9.59 Å². The lowest BCUT2D eigenvalue weighted by molar-refractivity contribution is -0.129. The zero-order chi connectivity index (χ0) is 51.3. The number of fused-ring (bicyclic) bond motifs is 2. The van der Waals surface area contributed by atoms with Crippen LogP contribution in [0.5, 0.6) is 23.0 Å². The molecule has 2 amide bonds. The maximum absolute atomic E-state index is 12.9. The number of methoxy groups -OCH3 is 2. The molecule has 0 saturated carbocycles. The Morgan fingerprint density at radius 3 is 1.59 bits per heavy atom. The molecule has 18 nitrogen and oxygen atoms in total. The number of carbonyl (C=O) groups is 4. The number of hydrogen-bond acceptors (Lipinski definition) is 14. The Balaban J connectivity index is 0.000000486. The number of esters is 2. The van der Waals surface area contributed by atoms with Gasteiger partial charge in [0.25, 0.3) is 0 Å². The number of benzene rings is 2. The van der Waals surface area contributed by atoms with E-state index >= 15 is 0 Å². The zero-order valence-corrected chi connectivity index (χ0v) is 44.8. The lowest BCUT2D eigenvalue weighted by atomic mass is 9.94. The van der Waals surface area contributed by atoms with Crippen molar-refractivity contribution in [1.29, 1.82) is 0 Å². The van der Waals surface area contributed by atoms with Gasteiger partial charge in [0.1, 0.15) is 47.3 Å². The van der Waals surface area contributed by atoms with Crippen molar-refractivity contribution in [3.63, 3.8) is 0 Å². The van der Waals surface area contributed by atoms with E-state index in [1.54, 1.807) is 45.8 Å².